The maximum atomic E-state index is 5.61. The summed E-state index contributed by atoms with van der Waals surface area (Å²) in [6.45, 7) is 4.82. The Bertz CT molecular complexity index is 1110. The van der Waals surface area contributed by atoms with Gasteiger partial charge in [-0.1, -0.05) is 18.2 Å². The standard InChI is InChI=1S/C22H25N5O/c1-13-9-14(2)25-18(13)10-19-21(28-4)11-20(26-19)22-16(12-24-23-3)15-7-5-6-8-17(15)27-22/h5-11,23-25,27H,12H2,1-4H3/b19-10-. The average molecular weight is 375 g/mol. The maximum Gasteiger partial charge on any atom is 0.146 e. The Morgan fingerprint density at radius 1 is 1.18 bits per heavy atom. The van der Waals surface area contributed by atoms with Crippen LogP contribution < -0.4 is 10.9 Å². The number of H-pyrrole nitrogens is 2. The number of methoxy groups -OCH3 is 1. The normalized spacial score (nSPS) is 15.4. The second-order valence-electron chi connectivity index (χ2n) is 6.92. The van der Waals surface area contributed by atoms with Crippen molar-refractivity contribution in [1.29, 1.82) is 0 Å². The predicted molar refractivity (Wildman–Crippen MR) is 114 cm³/mol. The summed E-state index contributed by atoms with van der Waals surface area (Å²) in [5, 5.41) is 1.18. The van der Waals surface area contributed by atoms with E-state index in [4.69, 9.17) is 9.73 Å². The lowest BCUT2D eigenvalue weighted by Gasteiger charge is -2.05. The minimum atomic E-state index is 0.680. The van der Waals surface area contributed by atoms with Gasteiger partial charge in [-0.15, -0.1) is 0 Å². The lowest BCUT2D eigenvalue weighted by Crippen LogP contribution is -2.27. The maximum absolute atomic E-state index is 5.61. The molecule has 0 saturated heterocycles. The van der Waals surface area contributed by atoms with Crippen molar-refractivity contribution in [3.05, 3.63) is 76.1 Å². The van der Waals surface area contributed by atoms with E-state index >= 15 is 0 Å². The highest BCUT2D eigenvalue weighted by Crippen LogP contribution is 2.29. The summed E-state index contributed by atoms with van der Waals surface area (Å²) in [6.07, 6.45) is 4.03. The van der Waals surface area contributed by atoms with Gasteiger partial charge in [-0.3, -0.25) is 10.9 Å². The average Bonchev–Trinajstić information content (AvgIpc) is 3.35. The molecule has 0 radical (unpaired) electrons. The van der Waals surface area contributed by atoms with Gasteiger partial charge < -0.3 is 14.7 Å². The van der Waals surface area contributed by atoms with E-state index in [-0.39, 0.29) is 0 Å². The van der Waals surface area contributed by atoms with Crippen LogP contribution in [-0.2, 0) is 11.3 Å². The van der Waals surface area contributed by atoms with Crippen LogP contribution in [0.4, 0.5) is 0 Å². The molecule has 3 aromatic rings. The summed E-state index contributed by atoms with van der Waals surface area (Å²) < 4.78 is 5.61. The number of aliphatic imine (C=N–C) groups is 1. The van der Waals surface area contributed by atoms with Crippen molar-refractivity contribution in [1.82, 2.24) is 20.8 Å². The van der Waals surface area contributed by atoms with E-state index in [2.05, 4.69) is 58.9 Å². The van der Waals surface area contributed by atoms with Gasteiger partial charge in [0, 0.05) is 40.5 Å². The molecule has 1 aliphatic rings. The Morgan fingerprint density at radius 2 is 2.00 bits per heavy atom. The van der Waals surface area contributed by atoms with Crippen LogP contribution in [-0.4, -0.2) is 29.8 Å². The van der Waals surface area contributed by atoms with Gasteiger partial charge in [-0.25, -0.2) is 4.99 Å². The number of hydrogen-bond donors (Lipinski definition) is 4. The molecule has 0 amide bonds. The number of aromatic nitrogens is 2. The van der Waals surface area contributed by atoms with E-state index in [1.165, 1.54) is 16.5 Å². The Balaban J connectivity index is 1.81. The fourth-order valence-corrected chi connectivity index (χ4v) is 3.63. The van der Waals surface area contributed by atoms with Gasteiger partial charge in [0.1, 0.15) is 11.5 Å². The Labute approximate surface area is 164 Å². The SMILES string of the molecule is CNNCc1c(C2=N/C(=C\c3[nH]c(C)cc3C)C(OC)=C2)[nH]c2ccccc12. The Kier molecular flexibility index (Phi) is 4.90. The molecule has 0 aliphatic carbocycles. The second-order valence-corrected chi connectivity index (χ2v) is 6.92. The first kappa shape index (κ1) is 18.3. The minimum Gasteiger partial charge on any atom is -0.494 e. The number of fused-ring (bicyclic) bond motifs is 1. The van der Waals surface area contributed by atoms with Crippen molar-refractivity contribution in [3.63, 3.8) is 0 Å². The van der Waals surface area contributed by atoms with Gasteiger partial charge in [0.05, 0.1) is 18.5 Å². The highest BCUT2D eigenvalue weighted by atomic mass is 16.5. The molecule has 0 fully saturated rings. The zero-order valence-corrected chi connectivity index (χ0v) is 16.6. The largest absolute Gasteiger partial charge is 0.494 e. The van der Waals surface area contributed by atoms with E-state index in [1.807, 2.05) is 25.3 Å². The number of ether oxygens (including phenoxy) is 1. The van der Waals surface area contributed by atoms with E-state index in [1.54, 1.807) is 7.11 Å². The summed E-state index contributed by atoms with van der Waals surface area (Å²) in [5.74, 6) is 0.757. The third kappa shape index (κ3) is 3.28. The number of hydrazine groups is 1. The zero-order chi connectivity index (χ0) is 19.7. The van der Waals surface area contributed by atoms with Crippen LogP contribution in [0, 0.1) is 13.8 Å². The first-order chi connectivity index (χ1) is 13.6. The third-order valence-electron chi connectivity index (χ3n) is 4.96. The van der Waals surface area contributed by atoms with Crippen molar-refractivity contribution in [2.24, 2.45) is 4.99 Å². The summed E-state index contributed by atoms with van der Waals surface area (Å²) >= 11 is 0. The molecule has 0 atom stereocenters. The molecule has 3 heterocycles. The van der Waals surface area contributed by atoms with E-state index in [0.29, 0.717) is 6.54 Å². The van der Waals surface area contributed by atoms with Gasteiger partial charge >= 0.3 is 0 Å². The monoisotopic (exact) mass is 375 g/mol. The molecule has 0 unspecified atom stereocenters. The number of allylic oxidation sites excluding steroid dienone is 1. The number of aryl methyl sites for hydroxylation is 2. The number of hydrogen-bond acceptors (Lipinski definition) is 4. The summed E-state index contributed by atoms with van der Waals surface area (Å²) in [7, 11) is 3.55. The lowest BCUT2D eigenvalue weighted by molar-refractivity contribution is 0.303. The molecule has 28 heavy (non-hydrogen) atoms. The quantitative estimate of drug-likeness (QED) is 0.496. The van der Waals surface area contributed by atoms with Crippen molar-refractivity contribution in [2.75, 3.05) is 14.2 Å². The predicted octanol–water partition coefficient (Wildman–Crippen LogP) is 3.71. The fraction of sp³-hybridized carbons (Fsp3) is 0.227. The van der Waals surface area contributed by atoms with Crippen molar-refractivity contribution >= 4 is 22.7 Å². The van der Waals surface area contributed by atoms with Gasteiger partial charge in [-0.2, -0.15) is 0 Å². The van der Waals surface area contributed by atoms with Crippen molar-refractivity contribution in [2.45, 2.75) is 20.4 Å². The van der Waals surface area contributed by atoms with Crippen molar-refractivity contribution in [3.8, 4) is 0 Å². The summed E-state index contributed by atoms with van der Waals surface area (Å²) in [5.41, 5.74) is 14.5. The molecule has 2 aromatic heterocycles. The van der Waals surface area contributed by atoms with Crippen LogP contribution in [0.1, 0.15) is 28.2 Å². The topological polar surface area (TPSA) is 77.2 Å². The second kappa shape index (κ2) is 7.50. The van der Waals surface area contributed by atoms with Crippen LogP contribution in [0.3, 0.4) is 0 Å². The zero-order valence-electron chi connectivity index (χ0n) is 16.6. The van der Waals surface area contributed by atoms with Crippen LogP contribution >= 0.6 is 0 Å². The summed E-state index contributed by atoms with van der Waals surface area (Å²) in [4.78, 5) is 11.8. The van der Waals surface area contributed by atoms with Gasteiger partial charge in [0.15, 0.2) is 0 Å². The molecule has 4 N–H and O–H groups in total. The molecule has 0 saturated carbocycles. The first-order valence-electron chi connectivity index (χ1n) is 9.33. The molecular weight excluding hydrogens is 350 g/mol. The molecule has 0 bridgehead atoms. The highest BCUT2D eigenvalue weighted by Gasteiger charge is 2.22. The van der Waals surface area contributed by atoms with Crippen LogP contribution in [0.25, 0.3) is 17.0 Å². The number of rotatable bonds is 6. The van der Waals surface area contributed by atoms with Gasteiger partial charge in [0.2, 0.25) is 0 Å². The molecular formula is C22H25N5O. The van der Waals surface area contributed by atoms with Gasteiger partial charge in [-0.05, 0) is 44.7 Å². The Hall–Kier alpha value is -3.09. The minimum absolute atomic E-state index is 0.680. The third-order valence-corrected chi connectivity index (χ3v) is 4.96. The number of para-hydroxylation sites is 1. The molecule has 0 spiro atoms. The van der Waals surface area contributed by atoms with E-state index in [0.717, 1.165) is 39.8 Å². The number of benzene rings is 1. The van der Waals surface area contributed by atoms with E-state index < -0.39 is 0 Å². The lowest BCUT2D eigenvalue weighted by atomic mass is 10.1. The van der Waals surface area contributed by atoms with Crippen molar-refractivity contribution < 1.29 is 4.74 Å². The number of nitrogens with zero attached hydrogens (tertiary/aromatic N) is 1. The fourth-order valence-electron chi connectivity index (χ4n) is 3.63. The molecule has 1 aliphatic heterocycles. The molecule has 1 aromatic carbocycles. The molecule has 6 heteroatoms. The van der Waals surface area contributed by atoms with E-state index in [9.17, 15) is 0 Å². The van der Waals surface area contributed by atoms with Crippen LogP contribution in [0.5, 0.6) is 0 Å². The molecule has 4 rings (SSSR count). The molecule has 6 nitrogen and oxygen atoms in total. The number of nitrogens with one attached hydrogen (secondary N) is 4. The highest BCUT2D eigenvalue weighted by molar-refractivity contribution is 6.14. The molecule has 144 valence electrons. The van der Waals surface area contributed by atoms with Crippen LogP contribution in [0.15, 0.2) is 52.9 Å². The number of aromatic amines is 2. The summed E-state index contributed by atoms with van der Waals surface area (Å²) in [6, 6.07) is 10.4. The Morgan fingerprint density at radius 3 is 2.71 bits per heavy atom. The first-order valence-corrected chi connectivity index (χ1v) is 9.33. The smallest absolute Gasteiger partial charge is 0.146 e. The van der Waals surface area contributed by atoms with Crippen LogP contribution in [0.2, 0.25) is 0 Å². The van der Waals surface area contributed by atoms with Gasteiger partial charge in [0.25, 0.3) is 0 Å².